The molecule has 0 bridgehead atoms. The maximum absolute atomic E-state index is 14.2. The van der Waals surface area contributed by atoms with Crippen LogP contribution >= 0.6 is 0 Å². The largest absolute Gasteiger partial charge is 0.497 e. The molecule has 42 heavy (non-hydrogen) atoms. The average Bonchev–Trinajstić information content (AvgIpc) is 3.40. The van der Waals surface area contributed by atoms with E-state index in [2.05, 4.69) is 4.98 Å². The summed E-state index contributed by atoms with van der Waals surface area (Å²) < 4.78 is 37.2. The van der Waals surface area contributed by atoms with E-state index in [4.69, 9.17) is 24.0 Å². The normalized spacial score (nSPS) is 17.1. The Kier molecular flexibility index (Phi) is 7.14. The topological polar surface area (TPSA) is 105 Å². The van der Waals surface area contributed by atoms with Gasteiger partial charge in [0.15, 0.2) is 5.69 Å². The van der Waals surface area contributed by atoms with Gasteiger partial charge in [0.05, 0.1) is 38.4 Å². The summed E-state index contributed by atoms with van der Waals surface area (Å²) in [6, 6.07) is 15.0. The maximum atomic E-state index is 14.2. The van der Waals surface area contributed by atoms with Crippen molar-refractivity contribution in [2.45, 2.75) is 26.0 Å². The van der Waals surface area contributed by atoms with Gasteiger partial charge in [0, 0.05) is 81.5 Å². The molecule has 2 aliphatic rings. The van der Waals surface area contributed by atoms with Crippen molar-refractivity contribution in [3.63, 3.8) is 0 Å². The molecule has 2 aromatic heterocycles. The molecule has 4 heterocycles. The molecule has 1 fully saturated rings. The number of carbonyl (C=O) groups is 1. The molecule has 2 aliphatic heterocycles. The minimum absolute atomic E-state index is 0.136. The van der Waals surface area contributed by atoms with Crippen LogP contribution in [0.15, 0.2) is 54.7 Å². The zero-order valence-electron chi connectivity index (χ0n) is 24.2. The van der Waals surface area contributed by atoms with Gasteiger partial charge in [-0.2, -0.15) is 5.10 Å². The molecule has 0 radical (unpaired) electrons. The number of rotatable bonds is 6. The van der Waals surface area contributed by atoms with Gasteiger partial charge in [0.1, 0.15) is 29.6 Å². The number of ether oxygens (including phenoxy) is 4. The van der Waals surface area contributed by atoms with Gasteiger partial charge in [-0.15, -0.1) is 0 Å². The third kappa shape index (κ3) is 4.77. The lowest BCUT2D eigenvalue weighted by molar-refractivity contribution is 0.0585. The molecule has 4 aromatic rings. The summed E-state index contributed by atoms with van der Waals surface area (Å²) in [4.78, 5) is 20.5. The molecule has 0 aliphatic carbocycles. The first-order valence-corrected chi connectivity index (χ1v) is 15.0. The molecule has 2 aromatic carbocycles. The highest BCUT2D eigenvalue weighted by molar-refractivity contribution is 7.85. The molecule has 0 N–H and O–H groups in total. The summed E-state index contributed by atoms with van der Waals surface area (Å²) in [5, 5.41) is 4.93. The van der Waals surface area contributed by atoms with Crippen molar-refractivity contribution in [1.29, 1.82) is 0 Å². The number of methoxy groups -OCH3 is 3. The first-order valence-electron chi connectivity index (χ1n) is 13.5. The molecule has 0 spiro atoms. The van der Waals surface area contributed by atoms with E-state index < -0.39 is 16.3 Å². The fourth-order valence-electron chi connectivity index (χ4n) is 5.59. The second kappa shape index (κ2) is 10.8. The van der Waals surface area contributed by atoms with E-state index in [0.29, 0.717) is 58.0 Å². The van der Waals surface area contributed by atoms with Crippen molar-refractivity contribution in [2.24, 2.45) is 0 Å². The fourth-order valence-corrected chi connectivity index (χ4v) is 7.06. The smallest absolute Gasteiger partial charge is 0.275 e. The highest BCUT2D eigenvalue weighted by Gasteiger charge is 2.40. The van der Waals surface area contributed by atoms with Crippen molar-refractivity contribution < 1.29 is 28.0 Å². The van der Waals surface area contributed by atoms with Crippen LogP contribution in [0.1, 0.15) is 29.9 Å². The van der Waals surface area contributed by atoms with E-state index in [1.54, 1.807) is 43.2 Å². The number of benzene rings is 2. The number of pyridine rings is 1. The van der Waals surface area contributed by atoms with Gasteiger partial charge >= 0.3 is 0 Å². The van der Waals surface area contributed by atoms with Gasteiger partial charge < -0.3 is 23.8 Å². The van der Waals surface area contributed by atoms with E-state index in [1.165, 1.54) is 0 Å². The summed E-state index contributed by atoms with van der Waals surface area (Å²) in [5.41, 5.74) is 3.97. The van der Waals surface area contributed by atoms with Crippen molar-refractivity contribution >= 4 is 16.7 Å². The van der Waals surface area contributed by atoms with Crippen LogP contribution in [-0.2, 0) is 17.4 Å². The molecule has 10 nitrogen and oxygen atoms in total. The van der Waals surface area contributed by atoms with Crippen molar-refractivity contribution in [2.75, 3.05) is 39.4 Å². The van der Waals surface area contributed by atoms with Gasteiger partial charge in [-0.1, -0.05) is 6.07 Å². The predicted octanol–water partition coefficient (Wildman–Crippen LogP) is 4.50. The molecule has 1 unspecified atom stereocenters. The minimum Gasteiger partial charge on any atom is -0.497 e. The maximum Gasteiger partial charge on any atom is 0.275 e. The van der Waals surface area contributed by atoms with Crippen LogP contribution < -0.4 is 18.9 Å². The molecule has 6 rings (SSSR count). The molecule has 11 heteroatoms. The number of nitrogens with zero attached hydrogens (tertiary/aromatic N) is 4. The molecule has 1 amide bonds. The second-order valence-electron chi connectivity index (χ2n) is 10.8. The van der Waals surface area contributed by atoms with Crippen LogP contribution in [-0.4, -0.2) is 74.7 Å². The SMILES string of the molecule is COc1cc(OC)cc(-n2nc(C(=O)N3CCS(=O)CC3(C)C)c3c2-c2cc(-c4ccccn4)c(OC)cc2OC3)c1. The van der Waals surface area contributed by atoms with E-state index in [-0.39, 0.29) is 18.2 Å². The zero-order chi connectivity index (χ0) is 29.6. The number of fused-ring (bicyclic) bond motifs is 3. The second-order valence-corrected chi connectivity index (χ2v) is 12.3. The van der Waals surface area contributed by atoms with Gasteiger partial charge in [0.2, 0.25) is 0 Å². The van der Waals surface area contributed by atoms with Crippen molar-refractivity contribution in [1.82, 2.24) is 19.7 Å². The Bertz CT molecular complexity index is 1680. The summed E-state index contributed by atoms with van der Waals surface area (Å²) in [6.45, 7) is 4.40. The Morgan fingerprint density at radius 1 is 1.00 bits per heavy atom. The standard InChI is InChI=1S/C31H32N4O6S/c1-31(2)18-42(37)11-10-34(31)30(36)28-24-17-41-27-16-26(40-5)22(25-8-6-7-9-32-25)15-23(27)29(24)35(33-28)19-12-20(38-3)14-21(13-19)39-4/h6-9,12-16H,10-11,17-18H2,1-5H3. The number of amides is 1. The van der Waals surface area contributed by atoms with Gasteiger partial charge in [-0.05, 0) is 32.0 Å². The Balaban J connectivity index is 1.59. The number of aromatic nitrogens is 3. The predicted molar refractivity (Wildman–Crippen MR) is 159 cm³/mol. The number of hydrogen-bond donors (Lipinski definition) is 0. The van der Waals surface area contributed by atoms with Crippen LogP contribution in [0.3, 0.4) is 0 Å². The van der Waals surface area contributed by atoms with Gasteiger partial charge in [0.25, 0.3) is 5.91 Å². The van der Waals surface area contributed by atoms with E-state index >= 15 is 0 Å². The lowest BCUT2D eigenvalue weighted by Crippen LogP contribution is -2.56. The van der Waals surface area contributed by atoms with Crippen LogP contribution in [0.2, 0.25) is 0 Å². The fraction of sp³-hybridized carbons (Fsp3) is 0.323. The summed E-state index contributed by atoms with van der Waals surface area (Å²) in [5.74, 6) is 2.98. The summed E-state index contributed by atoms with van der Waals surface area (Å²) in [6.07, 6.45) is 1.73. The third-order valence-electron chi connectivity index (χ3n) is 7.67. The summed E-state index contributed by atoms with van der Waals surface area (Å²) in [7, 11) is 3.80. The monoisotopic (exact) mass is 588 g/mol. The van der Waals surface area contributed by atoms with Crippen LogP contribution in [0, 0.1) is 0 Å². The summed E-state index contributed by atoms with van der Waals surface area (Å²) >= 11 is 0. The molecule has 1 atom stereocenters. The highest BCUT2D eigenvalue weighted by Crippen LogP contribution is 2.46. The average molecular weight is 589 g/mol. The molecule has 0 saturated carbocycles. The van der Waals surface area contributed by atoms with Crippen LogP contribution in [0.5, 0.6) is 23.0 Å². The Morgan fingerprint density at radius 3 is 2.40 bits per heavy atom. The zero-order valence-corrected chi connectivity index (χ0v) is 25.0. The Labute approximate surface area is 246 Å². The van der Waals surface area contributed by atoms with Gasteiger partial charge in [-0.3, -0.25) is 14.0 Å². The number of carbonyl (C=O) groups excluding carboxylic acids is 1. The lowest BCUT2D eigenvalue weighted by Gasteiger charge is -2.41. The Hall–Kier alpha value is -4.38. The first-order chi connectivity index (χ1) is 20.2. The number of hydrogen-bond acceptors (Lipinski definition) is 8. The molecular weight excluding hydrogens is 556 g/mol. The molecule has 1 saturated heterocycles. The first kappa shape index (κ1) is 27.8. The van der Waals surface area contributed by atoms with Crippen LogP contribution in [0.4, 0.5) is 0 Å². The lowest BCUT2D eigenvalue weighted by atomic mass is 9.97. The van der Waals surface area contributed by atoms with Gasteiger partial charge in [-0.25, -0.2) is 4.68 Å². The molecule has 218 valence electrons. The van der Waals surface area contributed by atoms with Crippen molar-refractivity contribution in [3.8, 4) is 51.2 Å². The van der Waals surface area contributed by atoms with E-state index in [0.717, 1.165) is 16.8 Å². The third-order valence-corrected chi connectivity index (χ3v) is 9.34. The highest BCUT2D eigenvalue weighted by atomic mass is 32.2. The van der Waals surface area contributed by atoms with Crippen molar-refractivity contribution in [3.05, 3.63) is 66.0 Å². The quantitative estimate of drug-likeness (QED) is 0.324. The van der Waals surface area contributed by atoms with E-state index in [1.807, 2.05) is 56.3 Å². The minimum atomic E-state index is -0.981. The van der Waals surface area contributed by atoms with Crippen LogP contribution in [0.25, 0.3) is 28.2 Å². The van der Waals surface area contributed by atoms with E-state index in [9.17, 15) is 9.00 Å². The Morgan fingerprint density at radius 2 is 1.76 bits per heavy atom. The molecular formula is C31H32N4O6S.